The summed E-state index contributed by atoms with van der Waals surface area (Å²) in [7, 11) is 1.49. The number of ether oxygens (including phenoxy) is 2. The lowest BCUT2D eigenvalue weighted by Gasteiger charge is -2.16. The molecule has 0 heterocycles. The van der Waals surface area contributed by atoms with Crippen molar-refractivity contribution >= 4 is 5.69 Å². The summed E-state index contributed by atoms with van der Waals surface area (Å²) in [5.74, 6) is 0.964. The molecule has 0 aliphatic rings. The van der Waals surface area contributed by atoms with Gasteiger partial charge in [0.15, 0.2) is 11.5 Å². The van der Waals surface area contributed by atoms with E-state index in [4.69, 9.17) is 9.47 Å². The average molecular weight is 295 g/mol. The molecule has 1 atom stereocenters. The summed E-state index contributed by atoms with van der Waals surface area (Å²) in [5, 5.41) is 10.7. The van der Waals surface area contributed by atoms with Crippen molar-refractivity contribution in [1.29, 1.82) is 0 Å². The minimum absolute atomic E-state index is 0.00594. The van der Waals surface area contributed by atoms with Crippen molar-refractivity contribution in [1.82, 2.24) is 0 Å². The molecule has 5 nitrogen and oxygen atoms in total. The molecule has 0 aliphatic carbocycles. The van der Waals surface area contributed by atoms with Gasteiger partial charge in [0.25, 0.3) is 5.69 Å². The number of hydrogen-bond acceptors (Lipinski definition) is 4. The number of benzene rings is 1. The van der Waals surface area contributed by atoms with Gasteiger partial charge < -0.3 is 9.47 Å². The molecule has 0 bridgehead atoms. The Hall–Kier alpha value is -1.78. The van der Waals surface area contributed by atoms with Gasteiger partial charge in [0, 0.05) is 6.07 Å². The van der Waals surface area contributed by atoms with Crippen LogP contribution in [0, 0.1) is 10.1 Å². The van der Waals surface area contributed by atoms with Crippen molar-refractivity contribution in [2.24, 2.45) is 0 Å². The SMILES string of the molecule is CCCCCCCC(C)Oc1ccc([N+](=O)[O-])cc1OC. The molecule has 5 heteroatoms. The second-order valence-electron chi connectivity index (χ2n) is 5.22. The van der Waals surface area contributed by atoms with Gasteiger partial charge in [0.05, 0.1) is 24.2 Å². The highest BCUT2D eigenvalue weighted by Crippen LogP contribution is 2.32. The second-order valence-corrected chi connectivity index (χ2v) is 5.22. The van der Waals surface area contributed by atoms with Gasteiger partial charge in [0.2, 0.25) is 0 Å². The summed E-state index contributed by atoms with van der Waals surface area (Å²) >= 11 is 0. The smallest absolute Gasteiger partial charge is 0.273 e. The minimum Gasteiger partial charge on any atom is -0.493 e. The van der Waals surface area contributed by atoms with Crippen LogP contribution in [0.4, 0.5) is 5.69 Å². The number of nitrogens with zero attached hydrogens (tertiary/aromatic N) is 1. The predicted molar refractivity (Wildman–Crippen MR) is 83.1 cm³/mol. The van der Waals surface area contributed by atoms with Gasteiger partial charge in [-0.1, -0.05) is 32.6 Å². The molecule has 0 saturated heterocycles. The number of methoxy groups -OCH3 is 1. The molecule has 0 amide bonds. The molecule has 1 rings (SSSR count). The first kappa shape index (κ1) is 17.3. The Morgan fingerprint density at radius 1 is 1.19 bits per heavy atom. The van der Waals surface area contributed by atoms with Crippen molar-refractivity contribution in [2.45, 2.75) is 58.5 Å². The standard InChI is InChI=1S/C16H25NO4/c1-4-5-6-7-8-9-13(2)21-15-11-10-14(17(18)19)12-16(15)20-3/h10-13H,4-9H2,1-3H3. The molecular weight excluding hydrogens is 270 g/mol. The Labute approximate surface area is 126 Å². The Bertz CT molecular complexity index is 448. The van der Waals surface area contributed by atoms with Crippen LogP contribution in [0.25, 0.3) is 0 Å². The van der Waals surface area contributed by atoms with Crippen LogP contribution in [0.3, 0.4) is 0 Å². The third kappa shape index (κ3) is 6.02. The Balaban J connectivity index is 2.51. The second kappa shape index (κ2) is 9.21. The van der Waals surface area contributed by atoms with E-state index in [1.807, 2.05) is 6.92 Å². The third-order valence-corrected chi connectivity index (χ3v) is 3.40. The van der Waals surface area contributed by atoms with E-state index in [0.29, 0.717) is 11.5 Å². The van der Waals surface area contributed by atoms with Gasteiger partial charge in [-0.15, -0.1) is 0 Å². The number of rotatable bonds is 10. The highest BCUT2D eigenvalue weighted by atomic mass is 16.6. The van der Waals surface area contributed by atoms with Gasteiger partial charge >= 0.3 is 0 Å². The zero-order valence-corrected chi connectivity index (χ0v) is 13.1. The van der Waals surface area contributed by atoms with Gasteiger partial charge in [-0.05, 0) is 25.8 Å². The van der Waals surface area contributed by atoms with Gasteiger partial charge in [-0.2, -0.15) is 0 Å². The minimum atomic E-state index is -0.441. The average Bonchev–Trinajstić information content (AvgIpc) is 2.47. The molecule has 1 aromatic carbocycles. The maximum absolute atomic E-state index is 10.7. The molecule has 21 heavy (non-hydrogen) atoms. The zero-order valence-electron chi connectivity index (χ0n) is 13.1. The maximum atomic E-state index is 10.7. The first-order valence-electron chi connectivity index (χ1n) is 7.57. The van der Waals surface area contributed by atoms with E-state index in [1.54, 1.807) is 6.07 Å². The zero-order chi connectivity index (χ0) is 15.7. The summed E-state index contributed by atoms with van der Waals surface area (Å²) in [6.45, 7) is 4.22. The quantitative estimate of drug-likeness (QED) is 0.355. The highest BCUT2D eigenvalue weighted by molar-refractivity contribution is 5.48. The molecule has 0 N–H and O–H groups in total. The largest absolute Gasteiger partial charge is 0.493 e. The van der Waals surface area contributed by atoms with Crippen molar-refractivity contribution in [3.8, 4) is 11.5 Å². The van der Waals surface area contributed by atoms with Gasteiger partial charge in [0.1, 0.15) is 0 Å². The summed E-state index contributed by atoms with van der Waals surface area (Å²) < 4.78 is 11.0. The summed E-state index contributed by atoms with van der Waals surface area (Å²) in [4.78, 5) is 10.3. The topological polar surface area (TPSA) is 61.6 Å². The van der Waals surface area contributed by atoms with Crippen molar-refractivity contribution in [2.75, 3.05) is 7.11 Å². The predicted octanol–water partition coefficient (Wildman–Crippen LogP) is 4.73. The molecule has 0 fully saturated rings. The summed E-state index contributed by atoms with van der Waals surface area (Å²) in [6.07, 6.45) is 7.20. The van der Waals surface area contributed by atoms with E-state index in [0.717, 1.165) is 12.8 Å². The van der Waals surface area contributed by atoms with E-state index in [1.165, 1.54) is 44.9 Å². The number of unbranched alkanes of at least 4 members (excludes halogenated alkanes) is 4. The molecule has 0 spiro atoms. The lowest BCUT2D eigenvalue weighted by Crippen LogP contribution is -2.12. The number of nitro benzene ring substituents is 1. The Kier molecular flexibility index (Phi) is 7.58. The van der Waals surface area contributed by atoms with Crippen molar-refractivity contribution < 1.29 is 14.4 Å². The number of nitro groups is 1. The molecule has 1 unspecified atom stereocenters. The maximum Gasteiger partial charge on any atom is 0.273 e. The molecule has 0 aromatic heterocycles. The van der Waals surface area contributed by atoms with E-state index in [9.17, 15) is 10.1 Å². The Morgan fingerprint density at radius 3 is 2.52 bits per heavy atom. The highest BCUT2D eigenvalue weighted by Gasteiger charge is 2.14. The molecule has 0 radical (unpaired) electrons. The summed E-state index contributed by atoms with van der Waals surface area (Å²) in [6, 6.07) is 4.43. The van der Waals surface area contributed by atoms with Crippen molar-refractivity contribution in [3.63, 3.8) is 0 Å². The molecule has 118 valence electrons. The number of hydrogen-bond donors (Lipinski definition) is 0. The lowest BCUT2D eigenvalue weighted by atomic mass is 10.1. The van der Waals surface area contributed by atoms with Crippen LogP contribution < -0.4 is 9.47 Å². The summed E-state index contributed by atoms with van der Waals surface area (Å²) in [5.41, 5.74) is 0.00594. The van der Waals surface area contributed by atoms with Crippen LogP contribution in [-0.2, 0) is 0 Å². The molecule has 0 saturated carbocycles. The van der Waals surface area contributed by atoms with E-state index in [-0.39, 0.29) is 11.8 Å². The first-order valence-corrected chi connectivity index (χ1v) is 7.57. The lowest BCUT2D eigenvalue weighted by molar-refractivity contribution is -0.385. The fraction of sp³-hybridized carbons (Fsp3) is 0.625. The normalized spacial score (nSPS) is 12.0. The van der Waals surface area contributed by atoms with Crippen LogP contribution in [0.1, 0.15) is 52.4 Å². The monoisotopic (exact) mass is 295 g/mol. The van der Waals surface area contributed by atoms with E-state index in [2.05, 4.69) is 6.92 Å². The molecule has 1 aromatic rings. The fourth-order valence-corrected chi connectivity index (χ4v) is 2.18. The van der Waals surface area contributed by atoms with Gasteiger partial charge in [-0.25, -0.2) is 0 Å². The van der Waals surface area contributed by atoms with Crippen LogP contribution in [-0.4, -0.2) is 18.1 Å². The van der Waals surface area contributed by atoms with Crippen LogP contribution in [0.5, 0.6) is 11.5 Å². The van der Waals surface area contributed by atoms with Gasteiger partial charge in [-0.3, -0.25) is 10.1 Å². The molecule has 0 aliphatic heterocycles. The fourth-order valence-electron chi connectivity index (χ4n) is 2.18. The molecular formula is C16H25NO4. The van der Waals surface area contributed by atoms with Crippen LogP contribution in [0.2, 0.25) is 0 Å². The number of non-ortho nitro benzene ring substituents is 1. The van der Waals surface area contributed by atoms with Crippen LogP contribution in [0.15, 0.2) is 18.2 Å². The van der Waals surface area contributed by atoms with Crippen LogP contribution >= 0.6 is 0 Å². The third-order valence-electron chi connectivity index (χ3n) is 3.40. The van der Waals surface area contributed by atoms with E-state index < -0.39 is 4.92 Å². The van der Waals surface area contributed by atoms with Crippen molar-refractivity contribution in [3.05, 3.63) is 28.3 Å². The Morgan fingerprint density at radius 2 is 1.90 bits per heavy atom. The first-order chi connectivity index (χ1) is 10.1. The van der Waals surface area contributed by atoms with E-state index >= 15 is 0 Å².